The van der Waals surface area contributed by atoms with Crippen LogP contribution in [0, 0.1) is 19.0 Å². The topological polar surface area (TPSA) is 47.6 Å². The fraction of sp³-hybridized carbons (Fsp3) is 0.333. The number of nitrogens with one attached hydrogen (secondary N) is 1. The molecular formula is C21H25NO3S. The second-order valence-corrected chi connectivity index (χ2v) is 8.81. The van der Waals surface area contributed by atoms with E-state index in [1.54, 1.807) is 19.2 Å². The van der Waals surface area contributed by atoms with Crippen LogP contribution < -0.4 is 14.2 Å². The van der Waals surface area contributed by atoms with E-state index in [2.05, 4.69) is 16.7 Å². The molecule has 5 heteroatoms. The Morgan fingerprint density at radius 2 is 1.65 bits per heavy atom. The predicted octanol–water partition coefficient (Wildman–Crippen LogP) is 4.14. The molecule has 2 rings (SSSR count). The highest BCUT2D eigenvalue weighted by atomic mass is 32.2. The summed E-state index contributed by atoms with van der Waals surface area (Å²) in [6.07, 6.45) is 2.73. The zero-order chi connectivity index (χ0) is 19.2. The molecule has 0 aliphatic heterocycles. The minimum absolute atomic E-state index is 0.389. The van der Waals surface area contributed by atoms with Crippen molar-refractivity contribution >= 4 is 11.0 Å². The Morgan fingerprint density at radius 1 is 1.04 bits per heavy atom. The van der Waals surface area contributed by atoms with Gasteiger partial charge < -0.3 is 9.47 Å². The van der Waals surface area contributed by atoms with Gasteiger partial charge in [-0.25, -0.2) is 8.93 Å². The van der Waals surface area contributed by atoms with Gasteiger partial charge in [0.1, 0.15) is 23.6 Å². The molecule has 0 saturated heterocycles. The summed E-state index contributed by atoms with van der Waals surface area (Å²) in [5.74, 6) is 4.43. The fourth-order valence-corrected chi connectivity index (χ4v) is 2.91. The van der Waals surface area contributed by atoms with E-state index in [1.165, 1.54) is 0 Å². The van der Waals surface area contributed by atoms with Gasteiger partial charge in [-0.3, -0.25) is 0 Å². The molecule has 0 fully saturated rings. The zero-order valence-electron chi connectivity index (χ0n) is 15.8. The molecule has 0 aromatic heterocycles. The van der Waals surface area contributed by atoms with Crippen molar-refractivity contribution < 1.29 is 13.7 Å². The van der Waals surface area contributed by atoms with Crippen LogP contribution in [0.15, 0.2) is 48.5 Å². The van der Waals surface area contributed by atoms with Crippen LogP contribution in [0.4, 0.5) is 0 Å². The Kier molecular flexibility index (Phi) is 6.84. The molecule has 0 aliphatic rings. The molecule has 0 heterocycles. The first-order chi connectivity index (χ1) is 12.3. The summed E-state index contributed by atoms with van der Waals surface area (Å²) in [6, 6.07) is 14.7. The summed E-state index contributed by atoms with van der Waals surface area (Å²) in [6.45, 7) is 7.78. The smallest absolute Gasteiger partial charge is 0.140 e. The highest BCUT2D eigenvalue weighted by Crippen LogP contribution is 2.21. The molecule has 0 amide bonds. The minimum atomic E-state index is -1.25. The SMILES string of the molecule is COc1ccc(OC#CC(NS(=O)C(C)(C)C)c2ccccc2C)cc1. The van der Waals surface area contributed by atoms with E-state index >= 15 is 0 Å². The average molecular weight is 372 g/mol. The molecule has 0 bridgehead atoms. The number of rotatable bonds is 5. The predicted molar refractivity (Wildman–Crippen MR) is 106 cm³/mol. The molecule has 0 saturated carbocycles. The Balaban J connectivity index is 2.21. The van der Waals surface area contributed by atoms with Gasteiger partial charge in [0.25, 0.3) is 0 Å². The fourth-order valence-electron chi connectivity index (χ4n) is 2.16. The van der Waals surface area contributed by atoms with Crippen molar-refractivity contribution in [3.05, 3.63) is 59.7 Å². The van der Waals surface area contributed by atoms with E-state index in [0.29, 0.717) is 5.75 Å². The standard InChI is InChI=1S/C21H25NO3S/c1-16-8-6-7-9-19(16)20(22-26(23)21(2,3)4)14-15-25-18-12-10-17(24-5)11-13-18/h6-13,20,22H,1-5H3. The van der Waals surface area contributed by atoms with Gasteiger partial charge >= 0.3 is 0 Å². The second kappa shape index (κ2) is 8.88. The van der Waals surface area contributed by atoms with Crippen molar-refractivity contribution in [3.63, 3.8) is 0 Å². The lowest BCUT2D eigenvalue weighted by atomic mass is 10.0. The van der Waals surface area contributed by atoms with E-state index in [-0.39, 0.29) is 4.75 Å². The summed E-state index contributed by atoms with van der Waals surface area (Å²) in [7, 11) is 0.361. The molecule has 1 N–H and O–H groups in total. The van der Waals surface area contributed by atoms with Crippen molar-refractivity contribution in [2.45, 2.75) is 38.5 Å². The van der Waals surface area contributed by atoms with Gasteiger partial charge in [0.15, 0.2) is 0 Å². The van der Waals surface area contributed by atoms with E-state index in [4.69, 9.17) is 9.47 Å². The number of ether oxygens (including phenoxy) is 2. The van der Waals surface area contributed by atoms with Gasteiger partial charge in [0, 0.05) is 0 Å². The third kappa shape index (κ3) is 5.62. The maximum atomic E-state index is 12.5. The van der Waals surface area contributed by atoms with Gasteiger partial charge in [-0.1, -0.05) is 24.3 Å². The van der Waals surface area contributed by atoms with Crippen LogP contribution in [0.5, 0.6) is 11.5 Å². The van der Waals surface area contributed by atoms with E-state index in [0.717, 1.165) is 16.9 Å². The van der Waals surface area contributed by atoms with Gasteiger partial charge in [0.05, 0.1) is 22.8 Å². The molecule has 26 heavy (non-hydrogen) atoms. The van der Waals surface area contributed by atoms with Crippen LogP contribution in [0.2, 0.25) is 0 Å². The molecule has 2 aromatic rings. The molecule has 4 nitrogen and oxygen atoms in total. The maximum Gasteiger partial charge on any atom is 0.140 e. The van der Waals surface area contributed by atoms with Crippen molar-refractivity contribution in [1.29, 1.82) is 0 Å². The van der Waals surface area contributed by atoms with Crippen LogP contribution in [0.1, 0.15) is 37.9 Å². The van der Waals surface area contributed by atoms with Crippen LogP contribution in [-0.4, -0.2) is 16.1 Å². The maximum absolute atomic E-state index is 12.5. The lowest BCUT2D eigenvalue weighted by Crippen LogP contribution is -2.35. The largest absolute Gasteiger partial charge is 0.497 e. The van der Waals surface area contributed by atoms with Crippen LogP contribution in [0.25, 0.3) is 0 Å². The molecule has 2 atom stereocenters. The quantitative estimate of drug-likeness (QED) is 0.804. The lowest BCUT2D eigenvalue weighted by Gasteiger charge is -2.22. The van der Waals surface area contributed by atoms with Crippen LogP contribution in [0.3, 0.4) is 0 Å². The van der Waals surface area contributed by atoms with Crippen molar-refractivity contribution in [1.82, 2.24) is 4.72 Å². The first-order valence-electron chi connectivity index (χ1n) is 8.36. The summed E-state index contributed by atoms with van der Waals surface area (Å²) < 4.78 is 25.9. The number of methoxy groups -OCH3 is 1. The van der Waals surface area contributed by atoms with Gasteiger partial charge in [0.2, 0.25) is 0 Å². The molecule has 0 spiro atoms. The number of hydrogen-bond acceptors (Lipinski definition) is 3. The Labute approximate surface area is 158 Å². The van der Waals surface area contributed by atoms with Crippen molar-refractivity contribution in [2.75, 3.05) is 7.11 Å². The first-order valence-corrected chi connectivity index (χ1v) is 9.51. The van der Waals surface area contributed by atoms with Crippen molar-refractivity contribution in [2.24, 2.45) is 0 Å². The van der Waals surface area contributed by atoms with Gasteiger partial charge in [-0.15, -0.1) is 0 Å². The van der Waals surface area contributed by atoms with Crippen molar-refractivity contribution in [3.8, 4) is 23.5 Å². The summed E-state index contributed by atoms with van der Waals surface area (Å²) in [5, 5.41) is 0. The summed E-state index contributed by atoms with van der Waals surface area (Å²) >= 11 is 0. The van der Waals surface area contributed by atoms with E-state index < -0.39 is 17.0 Å². The van der Waals surface area contributed by atoms with E-state index in [9.17, 15) is 4.21 Å². The molecule has 0 aliphatic carbocycles. The zero-order valence-corrected chi connectivity index (χ0v) is 16.6. The first kappa shape index (κ1) is 20.0. The number of hydrogen-bond donors (Lipinski definition) is 1. The Hall–Kier alpha value is -2.29. The highest BCUT2D eigenvalue weighted by Gasteiger charge is 2.23. The number of aryl methyl sites for hydroxylation is 1. The Bertz CT molecular complexity index is 814. The van der Waals surface area contributed by atoms with Crippen LogP contribution >= 0.6 is 0 Å². The van der Waals surface area contributed by atoms with Gasteiger partial charge in [-0.05, 0) is 69.0 Å². The summed E-state index contributed by atoms with van der Waals surface area (Å²) in [4.78, 5) is 0. The third-order valence-corrected chi connectivity index (χ3v) is 5.27. The minimum Gasteiger partial charge on any atom is -0.497 e. The normalized spacial score (nSPS) is 13.3. The second-order valence-electron chi connectivity index (χ2n) is 6.81. The Morgan fingerprint density at radius 3 is 2.23 bits per heavy atom. The third-order valence-electron chi connectivity index (χ3n) is 3.71. The monoisotopic (exact) mass is 371 g/mol. The molecule has 0 radical (unpaired) electrons. The summed E-state index contributed by atoms with van der Waals surface area (Å²) in [5.41, 5.74) is 2.06. The lowest BCUT2D eigenvalue weighted by molar-refractivity contribution is 0.413. The molecule has 2 aromatic carbocycles. The van der Waals surface area contributed by atoms with Crippen LogP contribution in [-0.2, 0) is 11.0 Å². The molecular weight excluding hydrogens is 346 g/mol. The number of benzene rings is 2. The van der Waals surface area contributed by atoms with Gasteiger partial charge in [-0.2, -0.15) is 0 Å². The molecule has 2 unspecified atom stereocenters. The average Bonchev–Trinajstić information content (AvgIpc) is 2.61. The highest BCUT2D eigenvalue weighted by molar-refractivity contribution is 7.84. The van der Waals surface area contributed by atoms with E-state index in [1.807, 2.05) is 64.1 Å². The molecule has 138 valence electrons.